The third kappa shape index (κ3) is 1.59. The molecule has 0 aliphatic heterocycles. The van der Waals surface area contributed by atoms with E-state index in [2.05, 4.69) is 0 Å². The Hall–Kier alpha value is -1.12. The molecule has 0 amide bonds. The van der Waals surface area contributed by atoms with Gasteiger partial charge in [-0.25, -0.2) is 0 Å². The molecule has 1 aromatic carbocycles. The lowest BCUT2D eigenvalue weighted by molar-refractivity contribution is -0.00669. The van der Waals surface area contributed by atoms with Crippen LogP contribution in [-0.2, 0) is 4.74 Å². The molecule has 0 bridgehead atoms. The molecule has 2 heteroatoms. The number of benzene rings is 1. The van der Waals surface area contributed by atoms with E-state index in [0.717, 1.165) is 11.1 Å². The highest BCUT2D eigenvalue weighted by atomic mass is 16.5. The standard InChI is InChI=1S/C12H14O2/c1-2-14-11-8-7-9-5-3-4-6-10(9)12(11)13/h3-8,11-13H,2H2,1H3/t11-,12?/m0/s1. The number of aliphatic hydroxyl groups is 1. The van der Waals surface area contributed by atoms with E-state index < -0.39 is 6.10 Å². The van der Waals surface area contributed by atoms with Crippen LogP contribution in [-0.4, -0.2) is 17.8 Å². The van der Waals surface area contributed by atoms with E-state index in [-0.39, 0.29) is 6.10 Å². The summed E-state index contributed by atoms with van der Waals surface area (Å²) in [6, 6.07) is 7.84. The first-order valence-electron chi connectivity index (χ1n) is 4.89. The minimum atomic E-state index is -0.531. The Labute approximate surface area is 83.8 Å². The van der Waals surface area contributed by atoms with E-state index in [4.69, 9.17) is 4.74 Å². The molecule has 1 aliphatic carbocycles. The number of aliphatic hydroxyl groups excluding tert-OH is 1. The van der Waals surface area contributed by atoms with Gasteiger partial charge >= 0.3 is 0 Å². The molecule has 2 rings (SSSR count). The molecule has 0 saturated heterocycles. The van der Waals surface area contributed by atoms with Crippen LogP contribution in [0.1, 0.15) is 24.2 Å². The van der Waals surface area contributed by atoms with E-state index in [1.54, 1.807) is 0 Å². The van der Waals surface area contributed by atoms with Gasteiger partial charge < -0.3 is 9.84 Å². The zero-order valence-corrected chi connectivity index (χ0v) is 8.18. The van der Waals surface area contributed by atoms with Crippen molar-refractivity contribution in [2.45, 2.75) is 19.1 Å². The predicted octanol–water partition coefficient (Wildman–Crippen LogP) is 2.15. The van der Waals surface area contributed by atoms with Crippen molar-refractivity contribution >= 4 is 6.08 Å². The largest absolute Gasteiger partial charge is 0.385 e. The number of ether oxygens (including phenoxy) is 1. The molecule has 14 heavy (non-hydrogen) atoms. The van der Waals surface area contributed by atoms with Crippen molar-refractivity contribution in [3.63, 3.8) is 0 Å². The highest BCUT2D eigenvalue weighted by Crippen LogP contribution is 2.29. The SMILES string of the molecule is CCO[C@H]1C=Cc2ccccc2C1O. The van der Waals surface area contributed by atoms with E-state index in [1.165, 1.54) is 0 Å². The van der Waals surface area contributed by atoms with Gasteiger partial charge in [-0.1, -0.05) is 36.4 Å². The number of hydrogen-bond acceptors (Lipinski definition) is 2. The van der Waals surface area contributed by atoms with Gasteiger partial charge in [0.2, 0.25) is 0 Å². The lowest BCUT2D eigenvalue weighted by Crippen LogP contribution is -2.23. The fraction of sp³-hybridized carbons (Fsp3) is 0.333. The summed E-state index contributed by atoms with van der Waals surface area (Å²) in [5.74, 6) is 0. The van der Waals surface area contributed by atoms with Crippen LogP contribution in [0, 0.1) is 0 Å². The van der Waals surface area contributed by atoms with Gasteiger partial charge in [-0.15, -0.1) is 0 Å². The van der Waals surface area contributed by atoms with Crippen LogP contribution in [0.2, 0.25) is 0 Å². The fourth-order valence-electron chi connectivity index (χ4n) is 1.75. The van der Waals surface area contributed by atoms with Crippen LogP contribution >= 0.6 is 0 Å². The Morgan fingerprint density at radius 1 is 1.36 bits per heavy atom. The van der Waals surface area contributed by atoms with Crippen molar-refractivity contribution in [2.24, 2.45) is 0 Å². The summed E-state index contributed by atoms with van der Waals surface area (Å²) in [6.45, 7) is 2.55. The van der Waals surface area contributed by atoms with Crippen molar-refractivity contribution in [3.05, 3.63) is 41.5 Å². The maximum Gasteiger partial charge on any atom is 0.109 e. The molecule has 0 spiro atoms. The monoisotopic (exact) mass is 190 g/mol. The molecule has 74 valence electrons. The quantitative estimate of drug-likeness (QED) is 0.774. The highest BCUT2D eigenvalue weighted by Gasteiger charge is 2.23. The van der Waals surface area contributed by atoms with Gasteiger partial charge in [0.1, 0.15) is 12.2 Å². The fourth-order valence-corrected chi connectivity index (χ4v) is 1.75. The van der Waals surface area contributed by atoms with Crippen LogP contribution in [0.25, 0.3) is 6.08 Å². The number of rotatable bonds is 2. The normalized spacial score (nSPS) is 24.7. The topological polar surface area (TPSA) is 29.5 Å². The maximum absolute atomic E-state index is 9.98. The van der Waals surface area contributed by atoms with Crippen molar-refractivity contribution in [3.8, 4) is 0 Å². The Morgan fingerprint density at radius 3 is 2.93 bits per heavy atom. The predicted molar refractivity (Wildman–Crippen MR) is 55.8 cm³/mol. The number of fused-ring (bicyclic) bond motifs is 1. The maximum atomic E-state index is 9.98. The summed E-state index contributed by atoms with van der Waals surface area (Å²) in [7, 11) is 0. The summed E-state index contributed by atoms with van der Waals surface area (Å²) >= 11 is 0. The molecule has 2 nitrogen and oxygen atoms in total. The van der Waals surface area contributed by atoms with Crippen molar-refractivity contribution in [1.29, 1.82) is 0 Å². The van der Waals surface area contributed by atoms with Crippen molar-refractivity contribution in [1.82, 2.24) is 0 Å². The molecule has 1 N–H and O–H groups in total. The van der Waals surface area contributed by atoms with Crippen LogP contribution < -0.4 is 0 Å². The van der Waals surface area contributed by atoms with Crippen LogP contribution in [0.5, 0.6) is 0 Å². The van der Waals surface area contributed by atoms with Gasteiger partial charge in [-0.2, -0.15) is 0 Å². The van der Waals surface area contributed by atoms with Gasteiger partial charge in [0.15, 0.2) is 0 Å². The van der Waals surface area contributed by atoms with Gasteiger partial charge in [0.25, 0.3) is 0 Å². The smallest absolute Gasteiger partial charge is 0.109 e. The molecule has 0 saturated carbocycles. The highest BCUT2D eigenvalue weighted by molar-refractivity contribution is 5.58. The first-order chi connectivity index (χ1) is 6.83. The summed E-state index contributed by atoms with van der Waals surface area (Å²) in [4.78, 5) is 0. The second-order valence-corrected chi connectivity index (χ2v) is 3.35. The zero-order valence-electron chi connectivity index (χ0n) is 8.18. The van der Waals surface area contributed by atoms with E-state index in [1.807, 2.05) is 43.3 Å². The average molecular weight is 190 g/mol. The molecule has 0 radical (unpaired) electrons. The van der Waals surface area contributed by atoms with Crippen LogP contribution in [0.3, 0.4) is 0 Å². The van der Waals surface area contributed by atoms with E-state index >= 15 is 0 Å². The minimum Gasteiger partial charge on any atom is -0.385 e. The van der Waals surface area contributed by atoms with Crippen molar-refractivity contribution < 1.29 is 9.84 Å². The molecule has 2 atom stereocenters. The van der Waals surface area contributed by atoms with Gasteiger partial charge in [-0.05, 0) is 18.1 Å². The molecule has 1 unspecified atom stereocenters. The summed E-state index contributed by atoms with van der Waals surface area (Å²) in [6.07, 6.45) is 3.19. The van der Waals surface area contributed by atoms with Gasteiger partial charge in [-0.3, -0.25) is 0 Å². The van der Waals surface area contributed by atoms with E-state index in [0.29, 0.717) is 6.61 Å². The lowest BCUT2D eigenvalue weighted by atomic mass is 9.93. The molecule has 0 fully saturated rings. The number of hydrogen-bond donors (Lipinski definition) is 1. The van der Waals surface area contributed by atoms with E-state index in [9.17, 15) is 5.11 Å². The summed E-state index contributed by atoms with van der Waals surface area (Å²) in [5.41, 5.74) is 2.03. The Kier molecular flexibility index (Phi) is 2.66. The minimum absolute atomic E-state index is 0.199. The van der Waals surface area contributed by atoms with Crippen LogP contribution in [0.15, 0.2) is 30.3 Å². The molecule has 1 aromatic rings. The second-order valence-electron chi connectivity index (χ2n) is 3.35. The molecular weight excluding hydrogens is 176 g/mol. The average Bonchev–Trinajstić information content (AvgIpc) is 2.23. The first-order valence-corrected chi connectivity index (χ1v) is 4.89. The second kappa shape index (κ2) is 3.95. The summed E-state index contributed by atoms with van der Waals surface area (Å²) < 4.78 is 5.42. The Bertz CT molecular complexity index is 344. The molecule has 1 aliphatic rings. The Balaban J connectivity index is 2.30. The summed E-state index contributed by atoms with van der Waals surface area (Å²) in [5, 5.41) is 9.98. The molecule has 0 heterocycles. The van der Waals surface area contributed by atoms with Gasteiger partial charge in [0, 0.05) is 6.61 Å². The Morgan fingerprint density at radius 2 is 2.14 bits per heavy atom. The molecular formula is C12H14O2. The third-order valence-corrected chi connectivity index (χ3v) is 2.45. The van der Waals surface area contributed by atoms with Crippen LogP contribution in [0.4, 0.5) is 0 Å². The zero-order chi connectivity index (χ0) is 9.97. The first kappa shape index (κ1) is 9.44. The lowest BCUT2D eigenvalue weighted by Gasteiger charge is -2.25. The third-order valence-electron chi connectivity index (χ3n) is 2.45. The molecule has 0 aromatic heterocycles. The van der Waals surface area contributed by atoms with Gasteiger partial charge in [0.05, 0.1) is 0 Å². The van der Waals surface area contributed by atoms with Crippen molar-refractivity contribution in [2.75, 3.05) is 6.61 Å².